The molecule has 4 heterocycles. The van der Waals surface area contributed by atoms with E-state index in [2.05, 4.69) is 36.0 Å². The molecule has 6 bridgehead atoms. The van der Waals surface area contributed by atoms with E-state index in [1.165, 1.54) is 9.36 Å². The van der Waals surface area contributed by atoms with Crippen LogP contribution in [0, 0.1) is 5.41 Å². The molecule has 0 spiro atoms. The zero-order valence-electron chi connectivity index (χ0n) is 26.8. The maximum absolute atomic E-state index is 14.0. The molecule has 18 heteroatoms. The second kappa shape index (κ2) is 14.8. The van der Waals surface area contributed by atoms with Crippen LogP contribution in [0.3, 0.4) is 0 Å². The van der Waals surface area contributed by atoms with Gasteiger partial charge in [0.05, 0.1) is 41.6 Å². The number of nitrogens with zero attached hydrogens (tertiary/aromatic N) is 7. The van der Waals surface area contributed by atoms with Crippen LogP contribution in [0.4, 0.5) is 0 Å². The lowest BCUT2D eigenvalue weighted by Gasteiger charge is -2.26. The fourth-order valence-corrected chi connectivity index (χ4v) is 6.89. The van der Waals surface area contributed by atoms with E-state index in [9.17, 15) is 23.2 Å². The van der Waals surface area contributed by atoms with Gasteiger partial charge in [0.1, 0.15) is 17.9 Å². The van der Waals surface area contributed by atoms with E-state index in [-0.39, 0.29) is 44.1 Å². The standard InChI is InChI=1S/C32H36N12O5S/c33-30(34)23-11-9-21(10-12-23)15-35-31(45)28-13-24-16-42(40-37-24)18-26-7-4-8-27(44(26)47)19-43-17-25(38-41-43)14-29(32(46)36-28)39-50(48,49)20-22-5-2-1-3-6-22/h1-3,5-12,16-17,28-29,39,47H,4,13-15,18-20H2,(H3,33,34)(H,35,45)(H,36,46)/t28-,29+/m0/s1. The van der Waals surface area contributed by atoms with Crippen LogP contribution >= 0.6 is 0 Å². The largest absolute Gasteiger partial charge is 0.384 e. The number of amidine groups is 1. The first-order valence-corrected chi connectivity index (χ1v) is 17.4. The fourth-order valence-electron chi connectivity index (χ4n) is 5.56. The van der Waals surface area contributed by atoms with Crippen LogP contribution < -0.4 is 21.1 Å². The molecule has 0 fully saturated rings. The Labute approximate surface area is 287 Å². The molecule has 4 aromatic rings. The number of fused-ring (bicyclic) bond motifs is 6. The van der Waals surface area contributed by atoms with Crippen LogP contribution in [0.5, 0.6) is 0 Å². The van der Waals surface area contributed by atoms with Gasteiger partial charge in [-0.25, -0.2) is 27.6 Å². The molecule has 2 aliphatic heterocycles. The number of carbonyl (C=O) groups is 2. The van der Waals surface area contributed by atoms with Crippen molar-refractivity contribution in [1.29, 1.82) is 5.41 Å². The molecule has 0 saturated carbocycles. The molecule has 7 N–H and O–H groups in total. The van der Waals surface area contributed by atoms with E-state index in [0.717, 1.165) is 10.6 Å². The first kappa shape index (κ1) is 34.2. The Morgan fingerprint density at radius 1 is 0.940 bits per heavy atom. The summed E-state index contributed by atoms with van der Waals surface area (Å²) in [6.07, 6.45) is 7.15. The highest BCUT2D eigenvalue weighted by Gasteiger charge is 2.31. The molecule has 2 amide bonds. The average Bonchev–Trinajstić information content (AvgIpc) is 3.73. The number of rotatable bonds is 8. The Hall–Kier alpha value is -5.72. The zero-order chi connectivity index (χ0) is 35.3. The van der Waals surface area contributed by atoms with Crippen molar-refractivity contribution < 1.29 is 23.2 Å². The Balaban J connectivity index is 1.29. The second-order valence-electron chi connectivity index (χ2n) is 12.0. The Bertz CT molecular complexity index is 2040. The Morgan fingerprint density at radius 3 is 2.18 bits per heavy atom. The first-order valence-electron chi connectivity index (χ1n) is 15.7. The molecule has 2 aromatic carbocycles. The van der Waals surface area contributed by atoms with Gasteiger partial charge in [0.2, 0.25) is 21.8 Å². The number of hydrogen-bond acceptors (Lipinski definition) is 11. The number of benzene rings is 2. The maximum atomic E-state index is 14.0. The van der Waals surface area contributed by atoms with Gasteiger partial charge >= 0.3 is 0 Å². The smallest absolute Gasteiger partial charge is 0.243 e. The van der Waals surface area contributed by atoms with Crippen LogP contribution in [0.15, 0.2) is 90.5 Å². The molecule has 0 unspecified atom stereocenters. The lowest BCUT2D eigenvalue weighted by Crippen LogP contribution is -2.55. The predicted molar refractivity (Wildman–Crippen MR) is 179 cm³/mol. The minimum absolute atomic E-state index is 0.0758. The average molecular weight is 701 g/mol. The first-order chi connectivity index (χ1) is 24.0. The van der Waals surface area contributed by atoms with E-state index in [1.54, 1.807) is 67.0 Å². The van der Waals surface area contributed by atoms with Crippen molar-refractivity contribution in [3.63, 3.8) is 0 Å². The van der Waals surface area contributed by atoms with Crippen LogP contribution in [0.25, 0.3) is 0 Å². The van der Waals surface area contributed by atoms with Crippen molar-refractivity contribution >= 4 is 27.7 Å². The van der Waals surface area contributed by atoms with Crippen molar-refractivity contribution in [1.82, 2.24) is 50.4 Å². The lowest BCUT2D eigenvalue weighted by atomic mass is 10.1. The van der Waals surface area contributed by atoms with E-state index in [1.807, 2.05) is 12.2 Å². The molecule has 6 rings (SSSR count). The summed E-state index contributed by atoms with van der Waals surface area (Å²) in [5.74, 6) is -1.78. The SMILES string of the molecule is N=C(N)c1ccc(CNC(=O)[C@@H]2Cc3cn(nn3)CC3=CCC=C(Cn4cc(nn4)C[C@@H](NS(=O)(=O)Cc4ccccc4)C(=O)N2)N3O)cc1. The summed E-state index contributed by atoms with van der Waals surface area (Å²) in [5, 5.41) is 41.8. The Morgan fingerprint density at radius 2 is 1.56 bits per heavy atom. The molecule has 2 aliphatic rings. The zero-order valence-corrected chi connectivity index (χ0v) is 27.6. The summed E-state index contributed by atoms with van der Waals surface area (Å²) in [6.45, 7) is 0.427. The van der Waals surface area contributed by atoms with E-state index < -0.39 is 33.9 Å². The topological polar surface area (TPSA) is 239 Å². The highest BCUT2D eigenvalue weighted by atomic mass is 32.2. The molecule has 0 radical (unpaired) electrons. The van der Waals surface area contributed by atoms with Gasteiger partial charge in [-0.2, -0.15) is 0 Å². The number of sulfonamides is 1. The van der Waals surface area contributed by atoms with Crippen LogP contribution in [0.2, 0.25) is 0 Å². The quantitative estimate of drug-likeness (QED) is 0.106. The third-order valence-corrected chi connectivity index (χ3v) is 9.46. The van der Waals surface area contributed by atoms with Crippen LogP contribution in [-0.2, 0) is 57.8 Å². The normalized spacial score (nSPS) is 18.3. The molecular weight excluding hydrogens is 664 g/mol. The second-order valence-corrected chi connectivity index (χ2v) is 13.7. The lowest BCUT2D eigenvalue weighted by molar-refractivity contribution is -0.129. The van der Waals surface area contributed by atoms with Gasteiger partial charge in [0, 0.05) is 37.3 Å². The van der Waals surface area contributed by atoms with Crippen LogP contribution in [0.1, 0.15) is 34.5 Å². The summed E-state index contributed by atoms with van der Waals surface area (Å²) in [5.41, 5.74) is 9.10. The Kier molecular flexibility index (Phi) is 10.1. The molecule has 260 valence electrons. The van der Waals surface area contributed by atoms with Crippen molar-refractivity contribution in [2.24, 2.45) is 5.73 Å². The van der Waals surface area contributed by atoms with Gasteiger partial charge in [-0.1, -0.05) is 77.2 Å². The number of amides is 2. The fraction of sp³-hybridized carbons (Fsp3) is 0.281. The number of hydroxylamine groups is 2. The third-order valence-electron chi connectivity index (χ3n) is 8.10. The maximum Gasteiger partial charge on any atom is 0.243 e. The van der Waals surface area contributed by atoms with E-state index in [4.69, 9.17) is 11.1 Å². The monoisotopic (exact) mass is 700 g/mol. The van der Waals surface area contributed by atoms with Crippen molar-refractivity contribution in [3.05, 3.63) is 119 Å². The minimum atomic E-state index is -4.06. The number of nitrogens with one attached hydrogen (secondary N) is 4. The number of hydrogen-bond donors (Lipinski definition) is 6. The van der Waals surface area contributed by atoms with E-state index in [0.29, 0.717) is 40.3 Å². The predicted octanol–water partition coefficient (Wildman–Crippen LogP) is 0.105. The number of aromatic nitrogens is 6. The summed E-state index contributed by atoms with van der Waals surface area (Å²) in [4.78, 5) is 27.6. The highest BCUT2D eigenvalue weighted by Crippen LogP contribution is 2.21. The van der Waals surface area contributed by atoms with Gasteiger partial charge in [0.15, 0.2) is 0 Å². The van der Waals surface area contributed by atoms with Crippen molar-refractivity contribution in [3.8, 4) is 0 Å². The summed E-state index contributed by atoms with van der Waals surface area (Å²) in [7, 11) is -4.06. The van der Waals surface area contributed by atoms with Gasteiger partial charge in [0.25, 0.3) is 0 Å². The molecule has 2 atom stereocenters. The van der Waals surface area contributed by atoms with Crippen LogP contribution in [-0.4, -0.2) is 78.4 Å². The number of nitrogens with two attached hydrogens (primary N) is 1. The summed E-state index contributed by atoms with van der Waals surface area (Å²) >= 11 is 0. The number of carbonyl (C=O) groups excluding carboxylic acids is 2. The minimum Gasteiger partial charge on any atom is -0.384 e. The highest BCUT2D eigenvalue weighted by molar-refractivity contribution is 7.88. The summed E-state index contributed by atoms with van der Waals surface area (Å²) in [6, 6.07) is 12.7. The molecule has 2 aromatic heterocycles. The van der Waals surface area contributed by atoms with Gasteiger partial charge in [-0.3, -0.25) is 20.2 Å². The number of allylic oxidation sites excluding steroid dienone is 4. The van der Waals surface area contributed by atoms with Crippen molar-refractivity contribution in [2.75, 3.05) is 0 Å². The summed E-state index contributed by atoms with van der Waals surface area (Å²) < 4.78 is 32.2. The number of nitrogen functional groups attached to an aromatic ring is 1. The molecule has 50 heavy (non-hydrogen) atoms. The van der Waals surface area contributed by atoms with Gasteiger partial charge in [-0.05, 0) is 17.5 Å². The molecular formula is C32H36N12O5S. The molecule has 17 nitrogen and oxygen atoms in total. The molecule has 0 saturated heterocycles. The molecule has 0 aliphatic carbocycles. The third kappa shape index (κ3) is 8.65. The van der Waals surface area contributed by atoms with E-state index >= 15 is 0 Å². The van der Waals surface area contributed by atoms with Crippen molar-refractivity contribution in [2.45, 2.75) is 56.7 Å². The van der Waals surface area contributed by atoms with Gasteiger partial charge < -0.3 is 16.4 Å². The van der Waals surface area contributed by atoms with Gasteiger partial charge in [-0.15, -0.1) is 10.2 Å².